The van der Waals surface area contributed by atoms with Crippen molar-refractivity contribution in [1.82, 2.24) is 9.88 Å². The molecule has 0 aliphatic carbocycles. The molecule has 1 fully saturated rings. The van der Waals surface area contributed by atoms with Crippen LogP contribution in [0.3, 0.4) is 0 Å². The second-order valence-electron chi connectivity index (χ2n) is 5.48. The van der Waals surface area contributed by atoms with E-state index in [1.807, 2.05) is 13.8 Å². The highest BCUT2D eigenvalue weighted by molar-refractivity contribution is 6.29. The van der Waals surface area contributed by atoms with Crippen molar-refractivity contribution in [2.45, 2.75) is 39.3 Å². The summed E-state index contributed by atoms with van der Waals surface area (Å²) in [7, 11) is 0. The van der Waals surface area contributed by atoms with Crippen LogP contribution in [0.5, 0.6) is 0 Å². The summed E-state index contributed by atoms with van der Waals surface area (Å²) in [6.07, 6.45) is 2.88. The molecule has 0 N–H and O–H groups in total. The lowest BCUT2D eigenvalue weighted by atomic mass is 10.0. The molecular formula is C15H19ClN2O3. The molecule has 114 valence electrons. The van der Waals surface area contributed by atoms with Crippen molar-refractivity contribution < 1.29 is 14.3 Å². The van der Waals surface area contributed by atoms with Crippen molar-refractivity contribution in [3.05, 3.63) is 29.0 Å². The number of rotatable bonds is 5. The van der Waals surface area contributed by atoms with Gasteiger partial charge in [0, 0.05) is 24.7 Å². The first-order valence-corrected chi connectivity index (χ1v) is 7.43. The fraction of sp³-hybridized carbons (Fsp3) is 0.533. The van der Waals surface area contributed by atoms with Crippen LogP contribution in [-0.4, -0.2) is 34.3 Å². The van der Waals surface area contributed by atoms with Gasteiger partial charge in [-0.15, -0.1) is 0 Å². The summed E-state index contributed by atoms with van der Waals surface area (Å²) in [4.78, 5) is 29.7. The highest BCUT2D eigenvalue weighted by atomic mass is 35.5. The van der Waals surface area contributed by atoms with Crippen LogP contribution in [0.4, 0.5) is 0 Å². The van der Waals surface area contributed by atoms with Crippen LogP contribution < -0.4 is 0 Å². The second kappa shape index (κ2) is 6.89. The molecule has 1 aromatic rings. The number of carbonyl (C=O) groups is 2. The Hall–Kier alpha value is -1.62. The third-order valence-corrected chi connectivity index (χ3v) is 3.71. The highest BCUT2D eigenvalue weighted by Crippen LogP contribution is 2.20. The lowest BCUT2D eigenvalue weighted by molar-refractivity contribution is -0.156. The van der Waals surface area contributed by atoms with Crippen LogP contribution in [0.1, 0.15) is 32.3 Å². The highest BCUT2D eigenvalue weighted by Gasteiger charge is 2.35. The van der Waals surface area contributed by atoms with E-state index in [1.165, 1.54) is 0 Å². The Bertz CT molecular complexity index is 516. The SMILES string of the molecule is CC(C)[C@H](C(=O)OCc1ccc(Cl)nc1)N1CCCC1=O. The van der Waals surface area contributed by atoms with E-state index in [2.05, 4.69) is 4.98 Å². The fourth-order valence-electron chi connectivity index (χ4n) is 2.45. The summed E-state index contributed by atoms with van der Waals surface area (Å²) in [5, 5.41) is 0.396. The van der Waals surface area contributed by atoms with E-state index in [0.29, 0.717) is 18.1 Å². The third-order valence-electron chi connectivity index (χ3n) is 3.49. The molecule has 0 bridgehead atoms. The zero-order valence-electron chi connectivity index (χ0n) is 12.2. The smallest absolute Gasteiger partial charge is 0.329 e. The van der Waals surface area contributed by atoms with Crippen molar-refractivity contribution in [3.63, 3.8) is 0 Å². The summed E-state index contributed by atoms with van der Waals surface area (Å²) in [6, 6.07) is 2.89. The molecule has 0 unspecified atom stereocenters. The first-order chi connectivity index (χ1) is 9.99. The number of esters is 1. The topological polar surface area (TPSA) is 59.5 Å². The maximum atomic E-state index is 12.3. The summed E-state index contributed by atoms with van der Waals surface area (Å²) in [5.74, 6) is -0.322. The largest absolute Gasteiger partial charge is 0.459 e. The van der Waals surface area contributed by atoms with Gasteiger partial charge in [-0.05, 0) is 18.4 Å². The van der Waals surface area contributed by atoms with E-state index in [9.17, 15) is 9.59 Å². The Morgan fingerprint density at radius 3 is 2.76 bits per heavy atom. The standard InChI is InChI=1S/C15H19ClN2O3/c1-10(2)14(18-7-3-4-13(18)19)15(20)21-9-11-5-6-12(16)17-8-11/h5-6,8,10,14H,3-4,7,9H2,1-2H3/t14-/m1/s1. The number of halogens is 1. The number of hydrogen-bond acceptors (Lipinski definition) is 4. The molecule has 6 heteroatoms. The minimum absolute atomic E-state index is 0.0166. The van der Waals surface area contributed by atoms with Gasteiger partial charge in [0.05, 0.1) is 0 Å². The monoisotopic (exact) mass is 310 g/mol. The number of carbonyl (C=O) groups excluding carboxylic acids is 2. The lowest BCUT2D eigenvalue weighted by Gasteiger charge is -2.29. The molecule has 1 atom stereocenters. The van der Waals surface area contributed by atoms with Gasteiger partial charge in [0.2, 0.25) is 5.91 Å². The van der Waals surface area contributed by atoms with Crippen LogP contribution in [0.15, 0.2) is 18.3 Å². The molecule has 5 nitrogen and oxygen atoms in total. The van der Waals surface area contributed by atoms with E-state index in [0.717, 1.165) is 12.0 Å². The number of hydrogen-bond donors (Lipinski definition) is 0. The number of ether oxygens (including phenoxy) is 1. The fourth-order valence-corrected chi connectivity index (χ4v) is 2.57. The predicted molar refractivity (Wildman–Crippen MR) is 78.6 cm³/mol. The van der Waals surface area contributed by atoms with Crippen LogP contribution >= 0.6 is 11.6 Å². The van der Waals surface area contributed by atoms with Crippen molar-refractivity contribution in [2.24, 2.45) is 5.92 Å². The molecule has 1 aromatic heterocycles. The number of aromatic nitrogens is 1. The van der Waals surface area contributed by atoms with Gasteiger partial charge in [0.1, 0.15) is 17.8 Å². The van der Waals surface area contributed by atoms with E-state index in [-0.39, 0.29) is 24.4 Å². The molecule has 0 spiro atoms. The average molecular weight is 311 g/mol. The molecule has 1 aliphatic rings. The maximum absolute atomic E-state index is 12.3. The molecule has 1 saturated heterocycles. The maximum Gasteiger partial charge on any atom is 0.329 e. The first kappa shape index (κ1) is 15.8. The van der Waals surface area contributed by atoms with E-state index >= 15 is 0 Å². The quantitative estimate of drug-likeness (QED) is 0.619. The van der Waals surface area contributed by atoms with Gasteiger partial charge >= 0.3 is 5.97 Å². The second-order valence-corrected chi connectivity index (χ2v) is 5.86. The Balaban J connectivity index is 1.98. The third kappa shape index (κ3) is 3.94. The van der Waals surface area contributed by atoms with Crippen LogP contribution in [0.25, 0.3) is 0 Å². The molecule has 0 aromatic carbocycles. The van der Waals surface area contributed by atoms with Gasteiger partial charge in [-0.2, -0.15) is 0 Å². The van der Waals surface area contributed by atoms with Crippen molar-refractivity contribution in [1.29, 1.82) is 0 Å². The predicted octanol–water partition coefficient (Wildman–Crippen LogP) is 2.43. The Morgan fingerprint density at radius 2 is 2.24 bits per heavy atom. The molecular weight excluding hydrogens is 292 g/mol. The zero-order chi connectivity index (χ0) is 15.4. The molecule has 1 aliphatic heterocycles. The van der Waals surface area contributed by atoms with E-state index in [1.54, 1.807) is 23.2 Å². The van der Waals surface area contributed by atoms with Gasteiger partial charge < -0.3 is 9.64 Å². The number of pyridine rings is 1. The van der Waals surface area contributed by atoms with E-state index < -0.39 is 6.04 Å². The van der Waals surface area contributed by atoms with Crippen molar-refractivity contribution in [3.8, 4) is 0 Å². The van der Waals surface area contributed by atoms with Gasteiger partial charge in [-0.25, -0.2) is 9.78 Å². The van der Waals surface area contributed by atoms with Gasteiger partial charge in [0.15, 0.2) is 0 Å². The Labute approximate surface area is 129 Å². The van der Waals surface area contributed by atoms with Crippen LogP contribution in [0.2, 0.25) is 5.15 Å². The van der Waals surface area contributed by atoms with Crippen LogP contribution in [-0.2, 0) is 20.9 Å². The summed E-state index contributed by atoms with van der Waals surface area (Å²) in [5.41, 5.74) is 0.767. The van der Waals surface area contributed by atoms with Crippen molar-refractivity contribution >= 4 is 23.5 Å². The number of likely N-dealkylation sites (tertiary alicyclic amines) is 1. The molecule has 0 saturated carbocycles. The molecule has 1 amide bonds. The summed E-state index contributed by atoms with van der Waals surface area (Å²) in [6.45, 7) is 4.59. The van der Waals surface area contributed by atoms with Gasteiger partial charge in [-0.1, -0.05) is 31.5 Å². The molecule has 0 radical (unpaired) electrons. The molecule has 2 heterocycles. The lowest BCUT2D eigenvalue weighted by Crippen LogP contribution is -2.46. The average Bonchev–Trinajstić information content (AvgIpc) is 2.84. The minimum Gasteiger partial charge on any atom is -0.459 e. The van der Waals surface area contributed by atoms with Gasteiger partial charge in [-0.3, -0.25) is 4.79 Å². The number of nitrogens with zero attached hydrogens (tertiary/aromatic N) is 2. The first-order valence-electron chi connectivity index (χ1n) is 7.05. The zero-order valence-corrected chi connectivity index (χ0v) is 13.0. The van der Waals surface area contributed by atoms with E-state index in [4.69, 9.17) is 16.3 Å². The van der Waals surface area contributed by atoms with Gasteiger partial charge in [0.25, 0.3) is 0 Å². The summed E-state index contributed by atoms with van der Waals surface area (Å²) >= 11 is 5.71. The Morgan fingerprint density at radius 1 is 1.48 bits per heavy atom. The Kier molecular flexibility index (Phi) is 5.17. The number of amides is 1. The minimum atomic E-state index is -0.514. The summed E-state index contributed by atoms with van der Waals surface area (Å²) < 4.78 is 5.34. The molecule has 2 rings (SSSR count). The van der Waals surface area contributed by atoms with Crippen LogP contribution in [0, 0.1) is 5.92 Å². The normalized spacial score (nSPS) is 16.4. The van der Waals surface area contributed by atoms with Crippen molar-refractivity contribution in [2.75, 3.05) is 6.54 Å². The molecule has 21 heavy (non-hydrogen) atoms.